The second kappa shape index (κ2) is 5.05. The predicted octanol–water partition coefficient (Wildman–Crippen LogP) is -1.81. The van der Waals surface area contributed by atoms with Crippen molar-refractivity contribution in [3.05, 3.63) is 16.7 Å². The smallest absolute Gasteiger partial charge is 0.354 e. The Labute approximate surface area is 123 Å². The fraction of sp³-hybridized carbons (Fsp3) is 0.455. The summed E-state index contributed by atoms with van der Waals surface area (Å²) in [4.78, 5) is 32.9. The molecule has 0 radical (unpaired) electrons. The lowest BCUT2D eigenvalue weighted by atomic mass is 9.95. The number of nitrogens with zero attached hydrogens (tertiary/aromatic N) is 3. The molecule has 0 saturated heterocycles. The lowest BCUT2D eigenvalue weighted by Crippen LogP contribution is -2.64. The van der Waals surface area contributed by atoms with Gasteiger partial charge in [-0.1, -0.05) is 0 Å². The number of nitrogens with two attached hydrogens (primary N) is 2. The van der Waals surface area contributed by atoms with Gasteiger partial charge in [0.15, 0.2) is 11.2 Å². The van der Waals surface area contributed by atoms with E-state index in [1.807, 2.05) is 0 Å². The summed E-state index contributed by atoms with van der Waals surface area (Å²) in [6, 6.07) is 0. The maximum atomic E-state index is 11.6. The fourth-order valence-electron chi connectivity index (χ4n) is 1.74. The van der Waals surface area contributed by atoms with Crippen LogP contribution < -0.4 is 17.0 Å². The Hall–Kier alpha value is -2.50. The molecule has 2 heterocycles. The molecule has 0 aliphatic carbocycles. The Bertz CT molecular complexity index is 775. The van der Waals surface area contributed by atoms with Crippen LogP contribution in [-0.4, -0.2) is 47.0 Å². The lowest BCUT2D eigenvalue weighted by molar-refractivity contribution is -0.208. The van der Waals surface area contributed by atoms with E-state index in [1.54, 1.807) is 0 Å². The van der Waals surface area contributed by atoms with Gasteiger partial charge in [0.1, 0.15) is 12.3 Å². The number of ether oxygens (including phenoxy) is 1. The quantitative estimate of drug-likeness (QED) is 0.397. The maximum Gasteiger partial charge on any atom is 0.354 e. The summed E-state index contributed by atoms with van der Waals surface area (Å²) in [7, 11) is 0. The van der Waals surface area contributed by atoms with Gasteiger partial charge in [0.05, 0.1) is 6.33 Å². The molecular weight excluding hydrogens is 296 g/mol. The van der Waals surface area contributed by atoms with E-state index >= 15 is 0 Å². The number of carboxylic acid groups (broad SMARTS) is 1. The van der Waals surface area contributed by atoms with Crippen LogP contribution in [0.3, 0.4) is 0 Å². The van der Waals surface area contributed by atoms with Crippen molar-refractivity contribution in [1.29, 1.82) is 0 Å². The molecule has 1 atom stereocenters. The van der Waals surface area contributed by atoms with Gasteiger partial charge in [-0.3, -0.25) is 20.1 Å². The molecule has 0 aromatic carbocycles. The Morgan fingerprint density at radius 1 is 1.55 bits per heavy atom. The van der Waals surface area contributed by atoms with Crippen LogP contribution in [0.25, 0.3) is 11.2 Å². The summed E-state index contributed by atoms with van der Waals surface area (Å²) in [5.41, 5.74) is 6.41. The third-order valence-electron chi connectivity index (χ3n) is 3.15. The highest BCUT2D eigenvalue weighted by Crippen LogP contribution is 2.22. The van der Waals surface area contributed by atoms with E-state index in [-0.39, 0.29) is 17.1 Å². The van der Waals surface area contributed by atoms with Crippen LogP contribution in [0.15, 0.2) is 11.1 Å². The fourth-order valence-corrected chi connectivity index (χ4v) is 1.74. The monoisotopic (exact) mass is 312 g/mol. The largest absolute Gasteiger partial charge is 0.478 e. The first kappa shape index (κ1) is 15.9. The number of aromatic nitrogens is 4. The number of nitrogen functional groups attached to an aromatic ring is 1. The number of aromatic amines is 1. The molecule has 11 nitrogen and oxygen atoms in total. The van der Waals surface area contributed by atoms with Gasteiger partial charge in [-0.05, 0) is 13.8 Å². The second-order valence-electron chi connectivity index (χ2n) is 5.21. The minimum atomic E-state index is -2.36. The van der Waals surface area contributed by atoms with Crippen molar-refractivity contribution in [3.8, 4) is 0 Å². The van der Waals surface area contributed by atoms with Gasteiger partial charge in [-0.25, -0.2) is 9.78 Å². The molecule has 7 N–H and O–H groups in total. The summed E-state index contributed by atoms with van der Waals surface area (Å²) in [5, 5.41) is 19.1. The van der Waals surface area contributed by atoms with Gasteiger partial charge in [0.2, 0.25) is 11.7 Å². The number of fused-ring (bicyclic) bond motifs is 1. The molecule has 2 rings (SSSR count). The highest BCUT2D eigenvalue weighted by Gasteiger charge is 2.49. The Morgan fingerprint density at radius 3 is 2.73 bits per heavy atom. The van der Waals surface area contributed by atoms with E-state index < -0.39 is 29.6 Å². The Kier molecular flexibility index (Phi) is 3.64. The van der Waals surface area contributed by atoms with E-state index in [0.717, 1.165) is 0 Å². The normalized spacial score (nSPS) is 14.9. The number of nitrogens with one attached hydrogen (secondary N) is 1. The topological polar surface area (TPSA) is 182 Å². The molecule has 22 heavy (non-hydrogen) atoms. The summed E-state index contributed by atoms with van der Waals surface area (Å²) in [6.07, 6.45) is 1.22. The summed E-state index contributed by atoms with van der Waals surface area (Å²) in [5.74, 6) is -1.67. The number of aliphatic carboxylic acids is 1. The maximum absolute atomic E-state index is 11.6. The van der Waals surface area contributed by atoms with Crippen LogP contribution in [-0.2, 0) is 16.3 Å². The van der Waals surface area contributed by atoms with E-state index in [4.69, 9.17) is 16.2 Å². The minimum absolute atomic E-state index is 0.0130. The Balaban J connectivity index is 2.36. The minimum Gasteiger partial charge on any atom is -0.478 e. The number of carbonyl (C=O) groups is 1. The van der Waals surface area contributed by atoms with Gasteiger partial charge in [-0.2, -0.15) is 4.98 Å². The van der Waals surface area contributed by atoms with Crippen molar-refractivity contribution in [2.45, 2.75) is 31.9 Å². The first-order chi connectivity index (χ1) is 10.1. The molecule has 0 aliphatic rings. The summed E-state index contributed by atoms with van der Waals surface area (Å²) < 4.78 is 6.39. The van der Waals surface area contributed by atoms with Gasteiger partial charge >= 0.3 is 5.97 Å². The second-order valence-corrected chi connectivity index (χ2v) is 5.21. The van der Waals surface area contributed by atoms with Gasteiger partial charge in [0, 0.05) is 0 Å². The molecule has 2 aromatic rings. The van der Waals surface area contributed by atoms with Crippen molar-refractivity contribution < 1.29 is 19.7 Å². The average Bonchev–Trinajstić information content (AvgIpc) is 2.77. The number of anilines is 1. The van der Waals surface area contributed by atoms with Crippen LogP contribution >= 0.6 is 0 Å². The average molecular weight is 312 g/mol. The van der Waals surface area contributed by atoms with Gasteiger partial charge in [-0.15, -0.1) is 0 Å². The van der Waals surface area contributed by atoms with Gasteiger partial charge in [0.25, 0.3) is 5.56 Å². The standard InChI is InChI=1S/C11H16N6O5/c1-10(2,21)11(13,8(19)20)22-4-17-3-14-5-6(17)15-9(12)16-7(5)18/h3,21H,4,13H2,1-2H3,(H,19,20)(H3,12,15,16,18)/t11-/m0/s1. The molecule has 0 spiro atoms. The highest BCUT2D eigenvalue weighted by atomic mass is 16.6. The third kappa shape index (κ3) is 2.52. The first-order valence-electron chi connectivity index (χ1n) is 6.15. The number of rotatable bonds is 5. The molecule has 120 valence electrons. The van der Waals surface area contributed by atoms with Crippen LogP contribution in [0.5, 0.6) is 0 Å². The zero-order valence-electron chi connectivity index (χ0n) is 11.9. The van der Waals surface area contributed by atoms with Crippen LogP contribution in [0, 0.1) is 0 Å². The predicted molar refractivity (Wildman–Crippen MR) is 74.5 cm³/mol. The molecule has 0 saturated carbocycles. The van der Waals surface area contributed by atoms with Crippen LogP contribution in [0.1, 0.15) is 13.8 Å². The van der Waals surface area contributed by atoms with Crippen LogP contribution in [0.4, 0.5) is 5.95 Å². The van der Waals surface area contributed by atoms with E-state index in [9.17, 15) is 19.8 Å². The molecule has 2 aromatic heterocycles. The van der Waals surface area contributed by atoms with Gasteiger partial charge < -0.3 is 20.7 Å². The number of hydrogen-bond donors (Lipinski definition) is 5. The summed E-state index contributed by atoms with van der Waals surface area (Å²) >= 11 is 0. The van der Waals surface area contributed by atoms with E-state index in [0.29, 0.717) is 0 Å². The molecular formula is C11H16N6O5. The molecule has 11 heteroatoms. The van der Waals surface area contributed by atoms with Crippen molar-refractivity contribution in [1.82, 2.24) is 19.5 Å². The van der Waals surface area contributed by atoms with E-state index in [2.05, 4.69) is 15.0 Å². The zero-order valence-corrected chi connectivity index (χ0v) is 11.9. The number of carboxylic acids is 1. The third-order valence-corrected chi connectivity index (χ3v) is 3.15. The van der Waals surface area contributed by atoms with E-state index in [1.165, 1.54) is 24.7 Å². The van der Waals surface area contributed by atoms with Crippen molar-refractivity contribution in [2.24, 2.45) is 5.73 Å². The SMILES string of the molecule is CC(C)(O)[C@@](N)(OCn1cnc2c(=O)[nH]c(N)nc21)C(=O)O. The van der Waals surface area contributed by atoms with Crippen LogP contribution in [0.2, 0.25) is 0 Å². The number of hydrogen-bond acceptors (Lipinski definition) is 8. The van der Waals surface area contributed by atoms with Crippen molar-refractivity contribution in [3.63, 3.8) is 0 Å². The molecule has 0 bridgehead atoms. The molecule has 0 aliphatic heterocycles. The number of imidazole rings is 1. The van der Waals surface area contributed by atoms with Crippen molar-refractivity contribution in [2.75, 3.05) is 5.73 Å². The number of H-pyrrole nitrogens is 1. The zero-order chi connectivity index (χ0) is 16.7. The first-order valence-corrected chi connectivity index (χ1v) is 6.15. The summed E-state index contributed by atoms with van der Waals surface area (Å²) in [6.45, 7) is 2.00. The van der Waals surface area contributed by atoms with Crippen molar-refractivity contribution >= 4 is 23.1 Å². The number of aliphatic hydroxyl groups is 1. The Morgan fingerprint density at radius 2 is 2.18 bits per heavy atom. The highest BCUT2D eigenvalue weighted by molar-refractivity contribution is 5.78. The molecule has 0 unspecified atom stereocenters. The lowest BCUT2D eigenvalue weighted by Gasteiger charge is -2.35. The molecule has 0 fully saturated rings. The molecule has 0 amide bonds.